The lowest BCUT2D eigenvalue weighted by atomic mass is 9.81. The number of nitrogens with two attached hydrogens (primary N) is 1. The zero-order valence-corrected chi connectivity index (χ0v) is 20.2. The molecule has 2 aliphatic rings. The Bertz CT molecular complexity index is 1120. The number of amides is 1. The first kappa shape index (κ1) is 25.7. The number of piperidine rings is 1. The van der Waals surface area contributed by atoms with Crippen LogP contribution < -0.4 is 26.6 Å². The van der Waals surface area contributed by atoms with Crippen LogP contribution in [0.3, 0.4) is 0 Å². The highest BCUT2D eigenvalue weighted by Gasteiger charge is 2.32. The summed E-state index contributed by atoms with van der Waals surface area (Å²) in [4.78, 5) is 22.8. The summed E-state index contributed by atoms with van der Waals surface area (Å²) >= 11 is 0. The maximum Gasteiger partial charge on any atom is 0.416 e. The second kappa shape index (κ2) is 9.92. The Kier molecular flexibility index (Phi) is 7.07. The molecule has 0 aliphatic carbocycles. The van der Waals surface area contributed by atoms with E-state index in [1.165, 1.54) is 12.1 Å². The number of carbonyl (C=O) groups is 1. The summed E-state index contributed by atoms with van der Waals surface area (Å²) in [6.45, 7) is 5.76. The molecule has 2 aliphatic heterocycles. The molecule has 1 amide bonds. The molecule has 1 unspecified atom stereocenters. The molecule has 0 radical (unpaired) electrons. The number of anilines is 4. The Hall–Kier alpha value is -3.41. The molecule has 3 heterocycles. The fourth-order valence-corrected chi connectivity index (χ4v) is 4.63. The lowest BCUT2D eigenvalue weighted by Crippen LogP contribution is -2.47. The predicted molar refractivity (Wildman–Crippen MR) is 133 cm³/mol. The number of nitrogens with zero attached hydrogens (tertiary/aromatic N) is 3. The van der Waals surface area contributed by atoms with Gasteiger partial charge in [-0.2, -0.15) is 23.1 Å². The van der Waals surface area contributed by atoms with E-state index in [-0.39, 0.29) is 41.4 Å². The van der Waals surface area contributed by atoms with E-state index >= 15 is 0 Å². The van der Waals surface area contributed by atoms with E-state index in [0.29, 0.717) is 36.9 Å². The highest BCUT2D eigenvalue weighted by molar-refractivity contribution is 5.93. The number of carbonyl (C=O) groups excluding carboxylic acids is 1. The van der Waals surface area contributed by atoms with E-state index in [4.69, 9.17) is 11.1 Å². The fraction of sp³-hybridized carbons (Fsp3) is 0.500. The van der Waals surface area contributed by atoms with Crippen molar-refractivity contribution in [3.05, 3.63) is 35.4 Å². The smallest absolute Gasteiger partial charge is 0.356 e. The standard InChI is InChI=1S/C24H31F3N8O/c1-23(2,29)14-6-8-35(9-7-14)21-18(12-28)20(31-16-5-3-4-15(10-16)24(25,26)27)33-22(34-21)32-17-11-19(36)30-13-17/h3-5,10,12,14,17,28H,6-9,11,13,29H2,1-2H3,(H,30,36)(H2,31,32,33,34). The normalized spacial score (nSPS) is 19.2. The first-order valence-electron chi connectivity index (χ1n) is 11.9. The third-order valence-electron chi connectivity index (χ3n) is 6.68. The number of rotatable bonds is 7. The molecular weight excluding hydrogens is 473 g/mol. The van der Waals surface area contributed by atoms with Crippen LogP contribution >= 0.6 is 0 Å². The van der Waals surface area contributed by atoms with Crippen LogP contribution in [0.1, 0.15) is 44.2 Å². The molecule has 12 heteroatoms. The van der Waals surface area contributed by atoms with E-state index in [9.17, 15) is 18.0 Å². The molecule has 0 spiro atoms. The van der Waals surface area contributed by atoms with Gasteiger partial charge < -0.3 is 32.0 Å². The summed E-state index contributed by atoms with van der Waals surface area (Å²) in [7, 11) is 0. The van der Waals surface area contributed by atoms with Crippen molar-refractivity contribution in [2.75, 3.05) is 35.2 Å². The topological polar surface area (TPSA) is 132 Å². The van der Waals surface area contributed by atoms with Crippen molar-refractivity contribution in [3.63, 3.8) is 0 Å². The summed E-state index contributed by atoms with van der Waals surface area (Å²) in [6.07, 6.45) is -1.45. The largest absolute Gasteiger partial charge is 0.416 e. The summed E-state index contributed by atoms with van der Waals surface area (Å²) < 4.78 is 39.7. The molecule has 1 aromatic carbocycles. The zero-order chi connectivity index (χ0) is 26.1. The average molecular weight is 505 g/mol. The van der Waals surface area contributed by atoms with Gasteiger partial charge >= 0.3 is 6.18 Å². The first-order chi connectivity index (χ1) is 16.9. The molecule has 2 aromatic rings. The molecule has 0 saturated carbocycles. The van der Waals surface area contributed by atoms with E-state index < -0.39 is 11.7 Å². The van der Waals surface area contributed by atoms with Gasteiger partial charge in [0.05, 0.1) is 17.2 Å². The van der Waals surface area contributed by atoms with Gasteiger partial charge in [0.2, 0.25) is 11.9 Å². The second-order valence-electron chi connectivity index (χ2n) is 9.91. The SMILES string of the molecule is CC(C)(N)C1CCN(c2nc(NC3CNC(=O)C3)nc(Nc3cccc(C(F)(F)F)c3)c2C=N)CC1. The average Bonchev–Trinajstić information content (AvgIpc) is 3.22. The van der Waals surface area contributed by atoms with Crippen molar-refractivity contribution in [2.24, 2.45) is 11.7 Å². The van der Waals surface area contributed by atoms with E-state index in [1.54, 1.807) is 0 Å². The van der Waals surface area contributed by atoms with Crippen LogP contribution in [0.5, 0.6) is 0 Å². The Morgan fingerprint density at radius 1 is 1.22 bits per heavy atom. The number of benzene rings is 1. The van der Waals surface area contributed by atoms with Crippen LogP contribution in [0.15, 0.2) is 24.3 Å². The van der Waals surface area contributed by atoms with Crippen molar-refractivity contribution in [3.8, 4) is 0 Å². The van der Waals surface area contributed by atoms with Crippen LogP contribution in [-0.2, 0) is 11.0 Å². The zero-order valence-electron chi connectivity index (χ0n) is 20.2. The van der Waals surface area contributed by atoms with Crippen molar-refractivity contribution in [2.45, 2.75) is 50.9 Å². The van der Waals surface area contributed by atoms with Gasteiger partial charge in [0, 0.05) is 43.5 Å². The minimum atomic E-state index is -4.49. The van der Waals surface area contributed by atoms with Gasteiger partial charge in [-0.15, -0.1) is 0 Å². The fourth-order valence-electron chi connectivity index (χ4n) is 4.63. The van der Waals surface area contributed by atoms with E-state index in [1.807, 2.05) is 18.7 Å². The van der Waals surface area contributed by atoms with Crippen molar-refractivity contribution >= 4 is 35.4 Å². The van der Waals surface area contributed by atoms with Gasteiger partial charge in [-0.25, -0.2) is 0 Å². The van der Waals surface area contributed by atoms with Gasteiger partial charge in [0.1, 0.15) is 11.6 Å². The molecule has 9 nitrogen and oxygen atoms in total. The highest BCUT2D eigenvalue weighted by Crippen LogP contribution is 2.35. The van der Waals surface area contributed by atoms with Crippen molar-refractivity contribution in [1.82, 2.24) is 15.3 Å². The second-order valence-corrected chi connectivity index (χ2v) is 9.91. The quantitative estimate of drug-likeness (QED) is 0.365. The molecule has 2 saturated heterocycles. The summed E-state index contributed by atoms with van der Waals surface area (Å²) in [5.74, 6) is 1.18. The minimum absolute atomic E-state index is 0.0855. The summed E-state index contributed by atoms with van der Waals surface area (Å²) in [5.41, 5.74) is 5.76. The third kappa shape index (κ3) is 5.86. The Balaban J connectivity index is 1.68. The molecule has 2 fully saturated rings. The number of halogens is 3. The van der Waals surface area contributed by atoms with Crippen molar-refractivity contribution in [1.29, 1.82) is 5.41 Å². The molecular formula is C24H31F3N8O. The summed E-state index contributed by atoms with van der Waals surface area (Å²) in [6, 6.07) is 4.59. The van der Waals surface area contributed by atoms with Crippen LogP contribution in [0, 0.1) is 11.3 Å². The monoisotopic (exact) mass is 504 g/mol. The van der Waals surface area contributed by atoms with E-state index in [2.05, 4.69) is 25.9 Å². The van der Waals surface area contributed by atoms with Gasteiger partial charge in [-0.3, -0.25) is 4.79 Å². The van der Waals surface area contributed by atoms with Gasteiger partial charge in [0.25, 0.3) is 0 Å². The molecule has 194 valence electrons. The Morgan fingerprint density at radius 3 is 2.53 bits per heavy atom. The lowest BCUT2D eigenvalue weighted by Gasteiger charge is -2.39. The van der Waals surface area contributed by atoms with Crippen LogP contribution in [0.25, 0.3) is 0 Å². The maximum absolute atomic E-state index is 13.2. The van der Waals surface area contributed by atoms with Crippen LogP contribution in [-0.4, -0.2) is 53.3 Å². The van der Waals surface area contributed by atoms with E-state index in [0.717, 1.165) is 31.2 Å². The predicted octanol–water partition coefficient (Wildman–Crippen LogP) is 3.49. The molecule has 6 N–H and O–H groups in total. The minimum Gasteiger partial charge on any atom is -0.356 e. The number of aromatic nitrogens is 2. The number of nitrogens with one attached hydrogen (secondary N) is 4. The van der Waals surface area contributed by atoms with Crippen molar-refractivity contribution < 1.29 is 18.0 Å². The Morgan fingerprint density at radius 2 is 1.94 bits per heavy atom. The van der Waals surface area contributed by atoms with Crippen LogP contribution in [0.2, 0.25) is 0 Å². The number of hydrogen-bond acceptors (Lipinski definition) is 8. The summed E-state index contributed by atoms with van der Waals surface area (Å²) in [5, 5.41) is 16.9. The van der Waals surface area contributed by atoms with Gasteiger partial charge in [-0.05, 0) is 50.8 Å². The van der Waals surface area contributed by atoms with Crippen LogP contribution in [0.4, 0.5) is 36.4 Å². The molecule has 1 atom stereocenters. The molecule has 36 heavy (non-hydrogen) atoms. The number of alkyl halides is 3. The van der Waals surface area contributed by atoms with Gasteiger partial charge in [0.15, 0.2) is 0 Å². The Labute approximate surface area is 207 Å². The third-order valence-corrected chi connectivity index (χ3v) is 6.68. The lowest BCUT2D eigenvalue weighted by molar-refractivity contribution is -0.137. The first-order valence-corrected chi connectivity index (χ1v) is 11.9. The molecule has 0 bridgehead atoms. The highest BCUT2D eigenvalue weighted by atomic mass is 19.4. The maximum atomic E-state index is 13.2. The molecule has 4 rings (SSSR count). The number of hydrogen-bond donors (Lipinski definition) is 5. The molecule has 1 aromatic heterocycles. The van der Waals surface area contributed by atoms with Gasteiger partial charge in [-0.1, -0.05) is 6.07 Å².